The molecular weight excluding hydrogens is 268 g/mol. The number of likely N-dealkylation sites (N-methyl/N-ethyl adjacent to an activating group) is 1. The fourth-order valence-corrected chi connectivity index (χ4v) is 1.97. The van der Waals surface area contributed by atoms with Gasteiger partial charge in [-0.05, 0) is 31.8 Å². The van der Waals surface area contributed by atoms with E-state index in [1.165, 1.54) is 0 Å². The number of benzene rings is 1. The van der Waals surface area contributed by atoms with Crippen LogP contribution in [0.25, 0.3) is 0 Å². The molecule has 1 aromatic carbocycles. The second-order valence-electron chi connectivity index (χ2n) is 4.82. The zero-order valence-corrected chi connectivity index (χ0v) is 12.7. The molecule has 0 bridgehead atoms. The standard InChI is InChI=1S/C15H22N4O2/c1-19(2)14(10-17-11-15(20)18-8-7-16)12-5-4-6-13(9-12)21-3/h4-6,9,14,17H,8,10-11H2,1-3H3,(H,18,20). The number of carbonyl (C=O) groups excluding carboxylic acids is 1. The van der Waals surface area contributed by atoms with Crippen molar-refractivity contribution in [2.75, 3.05) is 40.8 Å². The summed E-state index contributed by atoms with van der Waals surface area (Å²) in [6, 6.07) is 9.87. The van der Waals surface area contributed by atoms with Crippen molar-refractivity contribution in [2.24, 2.45) is 0 Å². The molecule has 0 aliphatic carbocycles. The maximum Gasteiger partial charge on any atom is 0.234 e. The maximum absolute atomic E-state index is 11.4. The normalized spacial score (nSPS) is 11.8. The van der Waals surface area contributed by atoms with Gasteiger partial charge in [-0.25, -0.2) is 0 Å². The highest BCUT2D eigenvalue weighted by Crippen LogP contribution is 2.21. The van der Waals surface area contributed by atoms with Gasteiger partial charge in [0.05, 0.1) is 19.7 Å². The molecule has 1 atom stereocenters. The molecule has 1 amide bonds. The van der Waals surface area contributed by atoms with Crippen molar-refractivity contribution in [3.63, 3.8) is 0 Å². The Morgan fingerprint density at radius 3 is 2.86 bits per heavy atom. The average molecular weight is 290 g/mol. The van der Waals surface area contributed by atoms with E-state index in [2.05, 4.69) is 15.5 Å². The van der Waals surface area contributed by atoms with E-state index >= 15 is 0 Å². The summed E-state index contributed by atoms with van der Waals surface area (Å²) in [5.41, 5.74) is 1.12. The number of amides is 1. The van der Waals surface area contributed by atoms with E-state index in [1.807, 2.05) is 44.4 Å². The Morgan fingerprint density at radius 2 is 2.24 bits per heavy atom. The van der Waals surface area contributed by atoms with E-state index in [9.17, 15) is 4.79 Å². The Balaban J connectivity index is 2.58. The van der Waals surface area contributed by atoms with E-state index in [0.29, 0.717) is 6.54 Å². The predicted octanol–water partition coefficient (Wildman–Crippen LogP) is 0.527. The smallest absolute Gasteiger partial charge is 0.234 e. The Hall–Kier alpha value is -2.10. The molecule has 21 heavy (non-hydrogen) atoms. The third kappa shape index (κ3) is 5.81. The Labute approximate surface area is 125 Å². The highest BCUT2D eigenvalue weighted by Gasteiger charge is 2.14. The minimum Gasteiger partial charge on any atom is -0.497 e. The van der Waals surface area contributed by atoms with Gasteiger partial charge in [-0.1, -0.05) is 12.1 Å². The molecule has 0 saturated carbocycles. The van der Waals surface area contributed by atoms with E-state index < -0.39 is 0 Å². The summed E-state index contributed by atoms with van der Waals surface area (Å²) < 4.78 is 5.24. The number of rotatable bonds is 8. The highest BCUT2D eigenvalue weighted by molar-refractivity contribution is 5.78. The van der Waals surface area contributed by atoms with Crippen molar-refractivity contribution in [2.45, 2.75) is 6.04 Å². The third-order valence-corrected chi connectivity index (χ3v) is 3.09. The number of hydrogen-bond donors (Lipinski definition) is 2. The summed E-state index contributed by atoms with van der Waals surface area (Å²) in [6.45, 7) is 0.851. The molecule has 0 aliphatic heterocycles. The second-order valence-corrected chi connectivity index (χ2v) is 4.82. The van der Waals surface area contributed by atoms with Crippen molar-refractivity contribution in [1.82, 2.24) is 15.5 Å². The molecule has 1 aromatic rings. The van der Waals surface area contributed by atoms with Crippen molar-refractivity contribution < 1.29 is 9.53 Å². The minimum atomic E-state index is -0.181. The first-order valence-electron chi connectivity index (χ1n) is 6.73. The van der Waals surface area contributed by atoms with Gasteiger partial charge < -0.3 is 20.3 Å². The lowest BCUT2D eigenvalue weighted by Crippen LogP contribution is -2.38. The quantitative estimate of drug-likeness (QED) is 0.683. The van der Waals surface area contributed by atoms with E-state index in [4.69, 9.17) is 10.00 Å². The lowest BCUT2D eigenvalue weighted by Gasteiger charge is -2.25. The van der Waals surface area contributed by atoms with Crippen LogP contribution in [-0.2, 0) is 4.79 Å². The van der Waals surface area contributed by atoms with Crippen LogP contribution in [0.3, 0.4) is 0 Å². The number of nitrogens with zero attached hydrogens (tertiary/aromatic N) is 2. The molecule has 2 N–H and O–H groups in total. The van der Waals surface area contributed by atoms with Gasteiger partial charge in [0.1, 0.15) is 12.3 Å². The average Bonchev–Trinajstić information content (AvgIpc) is 2.49. The monoisotopic (exact) mass is 290 g/mol. The number of nitriles is 1. The van der Waals surface area contributed by atoms with Crippen LogP contribution in [0.4, 0.5) is 0 Å². The lowest BCUT2D eigenvalue weighted by atomic mass is 10.1. The summed E-state index contributed by atoms with van der Waals surface area (Å²) in [6.07, 6.45) is 0. The van der Waals surface area contributed by atoms with Crippen LogP contribution in [0.5, 0.6) is 5.75 Å². The molecule has 1 unspecified atom stereocenters. The summed E-state index contributed by atoms with van der Waals surface area (Å²) in [7, 11) is 5.62. The highest BCUT2D eigenvalue weighted by atomic mass is 16.5. The van der Waals surface area contributed by atoms with Gasteiger partial charge in [-0.2, -0.15) is 5.26 Å². The van der Waals surface area contributed by atoms with Gasteiger partial charge in [0.15, 0.2) is 0 Å². The van der Waals surface area contributed by atoms with Crippen LogP contribution in [-0.4, -0.2) is 51.6 Å². The molecule has 0 radical (unpaired) electrons. The van der Waals surface area contributed by atoms with Crippen molar-refractivity contribution in [3.05, 3.63) is 29.8 Å². The van der Waals surface area contributed by atoms with Crippen LogP contribution in [0.15, 0.2) is 24.3 Å². The molecule has 1 rings (SSSR count). The Kier molecular flexibility index (Phi) is 7.23. The van der Waals surface area contributed by atoms with Gasteiger partial charge in [0.25, 0.3) is 0 Å². The van der Waals surface area contributed by atoms with Crippen LogP contribution >= 0.6 is 0 Å². The lowest BCUT2D eigenvalue weighted by molar-refractivity contribution is -0.120. The summed E-state index contributed by atoms with van der Waals surface area (Å²) in [4.78, 5) is 13.5. The summed E-state index contributed by atoms with van der Waals surface area (Å²) >= 11 is 0. The van der Waals surface area contributed by atoms with Gasteiger partial charge in [-0.15, -0.1) is 0 Å². The van der Waals surface area contributed by atoms with Crippen LogP contribution in [0.2, 0.25) is 0 Å². The van der Waals surface area contributed by atoms with Gasteiger partial charge in [0.2, 0.25) is 5.91 Å². The molecule has 0 aliphatic rings. The molecule has 0 spiro atoms. The molecule has 0 heterocycles. The largest absolute Gasteiger partial charge is 0.497 e. The minimum absolute atomic E-state index is 0.0352. The maximum atomic E-state index is 11.4. The van der Waals surface area contributed by atoms with Gasteiger partial charge in [0, 0.05) is 12.6 Å². The first-order chi connectivity index (χ1) is 10.1. The first-order valence-corrected chi connectivity index (χ1v) is 6.73. The SMILES string of the molecule is COc1cccc(C(CNCC(=O)NCC#N)N(C)C)c1. The van der Waals surface area contributed by atoms with E-state index in [0.717, 1.165) is 11.3 Å². The molecule has 6 nitrogen and oxygen atoms in total. The molecule has 0 fully saturated rings. The first kappa shape index (κ1) is 17.0. The van der Waals surface area contributed by atoms with Crippen molar-refractivity contribution in [1.29, 1.82) is 5.26 Å². The number of hydrogen-bond acceptors (Lipinski definition) is 5. The van der Waals surface area contributed by atoms with Gasteiger partial charge in [-0.3, -0.25) is 4.79 Å². The molecule has 0 aromatic heterocycles. The molecule has 6 heteroatoms. The van der Waals surface area contributed by atoms with Gasteiger partial charge >= 0.3 is 0 Å². The van der Waals surface area contributed by atoms with Crippen LogP contribution in [0, 0.1) is 11.3 Å². The van der Waals surface area contributed by atoms with Crippen LogP contribution < -0.4 is 15.4 Å². The van der Waals surface area contributed by atoms with Crippen molar-refractivity contribution >= 4 is 5.91 Å². The number of carbonyl (C=O) groups is 1. The summed E-state index contributed by atoms with van der Waals surface area (Å²) in [5.74, 6) is 0.630. The zero-order chi connectivity index (χ0) is 15.7. The molecule has 0 saturated heterocycles. The van der Waals surface area contributed by atoms with Crippen LogP contribution in [0.1, 0.15) is 11.6 Å². The Morgan fingerprint density at radius 1 is 1.48 bits per heavy atom. The number of methoxy groups -OCH3 is 1. The molecule has 114 valence electrons. The topological polar surface area (TPSA) is 77.4 Å². The predicted molar refractivity (Wildman–Crippen MR) is 80.9 cm³/mol. The number of nitrogens with one attached hydrogen (secondary N) is 2. The number of ether oxygens (including phenoxy) is 1. The summed E-state index contributed by atoms with van der Waals surface area (Å²) in [5, 5.41) is 14.0. The van der Waals surface area contributed by atoms with E-state index in [1.54, 1.807) is 7.11 Å². The third-order valence-electron chi connectivity index (χ3n) is 3.09. The Bertz CT molecular complexity index is 497. The fraction of sp³-hybridized carbons (Fsp3) is 0.467. The molecular formula is C15H22N4O2. The van der Waals surface area contributed by atoms with Crippen molar-refractivity contribution in [3.8, 4) is 11.8 Å². The second kappa shape index (κ2) is 8.95. The zero-order valence-electron chi connectivity index (χ0n) is 12.7. The van der Waals surface area contributed by atoms with E-state index in [-0.39, 0.29) is 25.0 Å². The fourth-order valence-electron chi connectivity index (χ4n) is 1.97.